The molecule has 0 spiro atoms. The van der Waals surface area contributed by atoms with Crippen molar-refractivity contribution >= 4 is 23.2 Å². The summed E-state index contributed by atoms with van der Waals surface area (Å²) < 4.78 is 5.70. The van der Waals surface area contributed by atoms with E-state index in [0.717, 1.165) is 18.5 Å². The largest absolute Gasteiger partial charge is 0.456 e. The summed E-state index contributed by atoms with van der Waals surface area (Å²) in [5.74, 6) is 1.25. The number of halogens is 2. The summed E-state index contributed by atoms with van der Waals surface area (Å²) in [5.41, 5.74) is 1.06. The summed E-state index contributed by atoms with van der Waals surface area (Å²) in [5, 5.41) is 4.63. The summed E-state index contributed by atoms with van der Waals surface area (Å²) in [6.45, 7) is 5.19. The van der Waals surface area contributed by atoms with E-state index in [9.17, 15) is 0 Å². The van der Waals surface area contributed by atoms with Crippen molar-refractivity contribution in [3.05, 3.63) is 52.3 Å². The van der Waals surface area contributed by atoms with Crippen LogP contribution in [0.15, 0.2) is 36.7 Å². The zero-order valence-corrected chi connectivity index (χ0v) is 13.6. The van der Waals surface area contributed by atoms with Gasteiger partial charge in [0, 0.05) is 23.3 Å². The van der Waals surface area contributed by atoms with Gasteiger partial charge in [-0.25, -0.2) is 0 Å². The molecule has 3 nitrogen and oxygen atoms in total. The highest BCUT2D eigenvalue weighted by Crippen LogP contribution is 2.30. The molecule has 1 heterocycles. The predicted molar refractivity (Wildman–Crippen MR) is 87.5 cm³/mol. The topological polar surface area (TPSA) is 34.1 Å². The van der Waals surface area contributed by atoms with Crippen LogP contribution in [-0.4, -0.2) is 11.5 Å². The van der Waals surface area contributed by atoms with E-state index >= 15 is 0 Å². The molecule has 1 aromatic carbocycles. The van der Waals surface area contributed by atoms with Gasteiger partial charge in [0.2, 0.25) is 0 Å². The number of hydrogen-bond donors (Lipinski definition) is 1. The fourth-order valence-electron chi connectivity index (χ4n) is 1.98. The lowest BCUT2D eigenvalue weighted by Crippen LogP contribution is -2.19. The molecule has 2 aromatic rings. The number of pyridine rings is 1. The number of hydrogen-bond acceptors (Lipinski definition) is 3. The molecule has 0 saturated carbocycles. The molecular formula is C16H18Cl2N2O. The van der Waals surface area contributed by atoms with Gasteiger partial charge in [0.25, 0.3) is 0 Å². The molecule has 1 N–H and O–H groups in total. The second-order valence-corrected chi connectivity index (χ2v) is 5.64. The van der Waals surface area contributed by atoms with Crippen LogP contribution in [0.4, 0.5) is 0 Å². The third-order valence-electron chi connectivity index (χ3n) is 3.05. The Bertz CT molecular complexity index is 605. The Kier molecular flexibility index (Phi) is 5.85. The van der Waals surface area contributed by atoms with Crippen LogP contribution in [0.5, 0.6) is 11.5 Å². The van der Waals surface area contributed by atoms with Crippen molar-refractivity contribution in [2.24, 2.45) is 0 Å². The first kappa shape index (κ1) is 16.1. The Balaban J connectivity index is 2.11. The minimum atomic E-state index is 0.208. The van der Waals surface area contributed by atoms with Crippen molar-refractivity contribution in [1.29, 1.82) is 0 Å². The van der Waals surface area contributed by atoms with Gasteiger partial charge in [-0.2, -0.15) is 0 Å². The molecule has 21 heavy (non-hydrogen) atoms. The fourth-order valence-corrected chi connectivity index (χ4v) is 2.48. The summed E-state index contributed by atoms with van der Waals surface area (Å²) in [6, 6.07) is 7.60. The summed E-state index contributed by atoms with van der Waals surface area (Å²) in [4.78, 5) is 3.98. The molecule has 0 aliphatic carbocycles. The summed E-state index contributed by atoms with van der Waals surface area (Å²) >= 11 is 12.2. The first-order chi connectivity index (χ1) is 10.1. The summed E-state index contributed by atoms with van der Waals surface area (Å²) in [6.07, 6.45) is 4.26. The number of ether oxygens (including phenoxy) is 1. The van der Waals surface area contributed by atoms with Crippen LogP contribution in [0.25, 0.3) is 0 Å². The second kappa shape index (κ2) is 7.64. The molecule has 1 atom stereocenters. The average molecular weight is 325 g/mol. The highest BCUT2D eigenvalue weighted by molar-refractivity contribution is 6.31. The van der Waals surface area contributed by atoms with Gasteiger partial charge in [-0.3, -0.25) is 4.98 Å². The first-order valence-corrected chi connectivity index (χ1v) is 7.67. The fraction of sp³-hybridized carbons (Fsp3) is 0.312. The molecule has 5 heteroatoms. The Morgan fingerprint density at radius 1 is 1.19 bits per heavy atom. The molecule has 0 fully saturated rings. The standard InChI is InChI=1S/C16H18Cl2N2O/c1-3-6-20-11(2)15-5-4-13(8-16(15)18)21-14-7-12(17)9-19-10-14/h4-5,7-11,20H,3,6H2,1-2H3. The maximum absolute atomic E-state index is 6.34. The number of benzene rings is 1. The predicted octanol–water partition coefficient (Wildman–Crippen LogP) is 5.24. The van der Waals surface area contributed by atoms with E-state index in [1.54, 1.807) is 18.5 Å². The second-order valence-electron chi connectivity index (χ2n) is 4.80. The van der Waals surface area contributed by atoms with Crippen molar-refractivity contribution in [2.45, 2.75) is 26.3 Å². The van der Waals surface area contributed by atoms with E-state index in [1.807, 2.05) is 18.2 Å². The van der Waals surface area contributed by atoms with Gasteiger partial charge >= 0.3 is 0 Å². The van der Waals surface area contributed by atoms with E-state index in [1.165, 1.54) is 0 Å². The number of rotatable bonds is 6. The molecule has 0 amide bonds. The van der Waals surface area contributed by atoms with Crippen LogP contribution in [-0.2, 0) is 0 Å². The minimum absolute atomic E-state index is 0.208. The van der Waals surface area contributed by atoms with Gasteiger partial charge in [0.15, 0.2) is 0 Å². The molecule has 1 aromatic heterocycles. The SMILES string of the molecule is CCCNC(C)c1ccc(Oc2cncc(Cl)c2)cc1Cl. The molecule has 0 bridgehead atoms. The molecule has 0 aliphatic rings. The van der Waals surface area contributed by atoms with Crippen molar-refractivity contribution in [1.82, 2.24) is 10.3 Å². The highest BCUT2D eigenvalue weighted by Gasteiger charge is 2.10. The Hall–Kier alpha value is -1.29. The summed E-state index contributed by atoms with van der Waals surface area (Å²) in [7, 11) is 0. The maximum Gasteiger partial charge on any atom is 0.147 e. The number of aromatic nitrogens is 1. The Morgan fingerprint density at radius 3 is 2.67 bits per heavy atom. The molecule has 2 rings (SSSR count). The van der Waals surface area contributed by atoms with Gasteiger partial charge in [0.1, 0.15) is 11.5 Å². The Labute approximate surface area is 135 Å². The molecular weight excluding hydrogens is 307 g/mol. The van der Waals surface area contributed by atoms with Gasteiger partial charge in [-0.15, -0.1) is 0 Å². The number of nitrogens with zero attached hydrogens (tertiary/aromatic N) is 1. The normalized spacial score (nSPS) is 12.2. The van der Waals surface area contributed by atoms with E-state index in [2.05, 4.69) is 24.1 Å². The van der Waals surface area contributed by atoms with Crippen LogP contribution in [0.1, 0.15) is 31.9 Å². The maximum atomic E-state index is 6.34. The minimum Gasteiger partial charge on any atom is -0.456 e. The van der Waals surface area contributed by atoms with Crippen LogP contribution in [0, 0.1) is 0 Å². The van der Waals surface area contributed by atoms with Crippen LogP contribution >= 0.6 is 23.2 Å². The van der Waals surface area contributed by atoms with Gasteiger partial charge < -0.3 is 10.1 Å². The van der Waals surface area contributed by atoms with E-state index in [-0.39, 0.29) is 6.04 Å². The first-order valence-electron chi connectivity index (χ1n) is 6.91. The Morgan fingerprint density at radius 2 is 2.00 bits per heavy atom. The molecule has 0 saturated heterocycles. The monoisotopic (exact) mass is 324 g/mol. The molecule has 1 unspecified atom stereocenters. The third-order valence-corrected chi connectivity index (χ3v) is 3.59. The highest BCUT2D eigenvalue weighted by atomic mass is 35.5. The van der Waals surface area contributed by atoms with Gasteiger partial charge in [0.05, 0.1) is 11.2 Å². The third kappa shape index (κ3) is 4.60. The zero-order valence-electron chi connectivity index (χ0n) is 12.1. The van der Waals surface area contributed by atoms with E-state index < -0.39 is 0 Å². The lowest BCUT2D eigenvalue weighted by Gasteiger charge is -2.16. The van der Waals surface area contributed by atoms with Crippen LogP contribution in [0.2, 0.25) is 10.0 Å². The molecule has 0 aliphatic heterocycles. The van der Waals surface area contributed by atoms with Crippen LogP contribution < -0.4 is 10.1 Å². The lowest BCUT2D eigenvalue weighted by molar-refractivity contribution is 0.479. The van der Waals surface area contributed by atoms with Crippen LogP contribution in [0.3, 0.4) is 0 Å². The lowest BCUT2D eigenvalue weighted by atomic mass is 10.1. The van der Waals surface area contributed by atoms with Crippen molar-refractivity contribution in [3.63, 3.8) is 0 Å². The number of nitrogens with one attached hydrogen (secondary N) is 1. The zero-order chi connectivity index (χ0) is 15.2. The average Bonchev–Trinajstić information content (AvgIpc) is 2.45. The van der Waals surface area contributed by atoms with Gasteiger partial charge in [-0.1, -0.05) is 36.2 Å². The van der Waals surface area contributed by atoms with Gasteiger partial charge in [-0.05, 0) is 37.6 Å². The molecule has 0 radical (unpaired) electrons. The van der Waals surface area contributed by atoms with Crippen molar-refractivity contribution in [2.75, 3.05) is 6.54 Å². The molecule has 112 valence electrons. The van der Waals surface area contributed by atoms with E-state index in [0.29, 0.717) is 21.5 Å². The van der Waals surface area contributed by atoms with Crippen molar-refractivity contribution in [3.8, 4) is 11.5 Å². The van der Waals surface area contributed by atoms with Crippen molar-refractivity contribution < 1.29 is 4.74 Å². The van der Waals surface area contributed by atoms with E-state index in [4.69, 9.17) is 27.9 Å². The smallest absolute Gasteiger partial charge is 0.147 e. The quantitative estimate of drug-likeness (QED) is 0.788.